The van der Waals surface area contributed by atoms with Crippen molar-refractivity contribution < 1.29 is 14.1 Å². The summed E-state index contributed by atoms with van der Waals surface area (Å²) in [5, 5.41) is 4.73. The van der Waals surface area contributed by atoms with E-state index in [4.69, 9.17) is 9.51 Å². The molecule has 194 valence electrons. The summed E-state index contributed by atoms with van der Waals surface area (Å²) in [6, 6.07) is 15.6. The molecule has 2 aromatic heterocycles. The average Bonchev–Trinajstić information content (AvgIpc) is 3.23. The van der Waals surface area contributed by atoms with Crippen LogP contribution in [0.3, 0.4) is 0 Å². The molecule has 0 unspecified atom stereocenters. The van der Waals surface area contributed by atoms with Crippen molar-refractivity contribution >= 4 is 66.7 Å². The van der Waals surface area contributed by atoms with Gasteiger partial charge in [-0.3, -0.25) is 9.59 Å². The van der Waals surface area contributed by atoms with Crippen LogP contribution in [0.2, 0.25) is 0 Å². The number of pyridine rings is 1. The van der Waals surface area contributed by atoms with E-state index in [2.05, 4.69) is 37.0 Å². The van der Waals surface area contributed by atoms with E-state index in [0.29, 0.717) is 43.2 Å². The van der Waals surface area contributed by atoms with Gasteiger partial charge in [0.15, 0.2) is 0 Å². The number of carbonyl (C=O) groups excluding carboxylic acids is 2. The molecule has 0 spiro atoms. The van der Waals surface area contributed by atoms with E-state index in [9.17, 15) is 9.59 Å². The largest absolute Gasteiger partial charge is 0.361 e. The van der Waals surface area contributed by atoms with Gasteiger partial charge in [-0.2, -0.15) is 0 Å². The topological polar surface area (TPSA) is 79.5 Å². The van der Waals surface area contributed by atoms with E-state index in [1.54, 1.807) is 0 Å². The van der Waals surface area contributed by atoms with Crippen molar-refractivity contribution in [3.63, 3.8) is 0 Å². The number of fused-ring (bicyclic) bond motifs is 1. The summed E-state index contributed by atoms with van der Waals surface area (Å²) in [6.45, 7) is 5.56. The molecule has 0 aliphatic carbocycles. The molecule has 2 aromatic carbocycles. The molecule has 1 aliphatic heterocycles. The standard InChI is InChI=1S/C29H26Br2N4O3/c1-18-24(19(2)38-33-18)17-28(36)34-10-12-35(13-11-34)29(37)26-16-23(8-6-20-4-3-5-21(30)14-20)32-27-9-7-22(31)15-25(26)27/h3-9,14-16H,10-13,17H2,1-2H3/b8-6+. The van der Waals surface area contributed by atoms with E-state index in [-0.39, 0.29) is 18.2 Å². The number of aryl methyl sites for hydroxylation is 2. The molecular formula is C29H26Br2N4O3. The van der Waals surface area contributed by atoms with Crippen LogP contribution in [0.4, 0.5) is 0 Å². The highest BCUT2D eigenvalue weighted by Gasteiger charge is 2.27. The van der Waals surface area contributed by atoms with Gasteiger partial charge >= 0.3 is 0 Å². The van der Waals surface area contributed by atoms with Crippen LogP contribution in [0.15, 0.2) is 62.0 Å². The second-order valence-electron chi connectivity index (χ2n) is 9.30. The van der Waals surface area contributed by atoms with Crippen molar-refractivity contribution in [2.45, 2.75) is 20.3 Å². The summed E-state index contributed by atoms with van der Waals surface area (Å²) < 4.78 is 7.07. The molecule has 0 N–H and O–H groups in total. The predicted octanol–water partition coefficient (Wildman–Crippen LogP) is 6.06. The molecule has 1 saturated heterocycles. The van der Waals surface area contributed by atoms with E-state index in [1.165, 1.54) is 0 Å². The summed E-state index contributed by atoms with van der Waals surface area (Å²) in [6.07, 6.45) is 4.16. The highest BCUT2D eigenvalue weighted by molar-refractivity contribution is 9.10. The highest BCUT2D eigenvalue weighted by Crippen LogP contribution is 2.26. The monoisotopic (exact) mass is 636 g/mol. The predicted molar refractivity (Wildman–Crippen MR) is 155 cm³/mol. The number of nitrogens with zero attached hydrogens (tertiary/aromatic N) is 4. The third-order valence-corrected chi connectivity index (χ3v) is 7.73. The molecule has 5 rings (SSSR count). The smallest absolute Gasteiger partial charge is 0.254 e. The molecule has 0 radical (unpaired) electrons. The van der Waals surface area contributed by atoms with E-state index >= 15 is 0 Å². The van der Waals surface area contributed by atoms with Gasteiger partial charge in [0.1, 0.15) is 5.76 Å². The quantitative estimate of drug-likeness (QED) is 0.266. The summed E-state index contributed by atoms with van der Waals surface area (Å²) in [4.78, 5) is 35.1. The van der Waals surface area contributed by atoms with Crippen LogP contribution >= 0.6 is 31.9 Å². The van der Waals surface area contributed by atoms with Crippen molar-refractivity contribution in [2.24, 2.45) is 0 Å². The van der Waals surface area contributed by atoms with Crippen molar-refractivity contribution in [3.05, 3.63) is 91.3 Å². The Hall–Kier alpha value is -3.30. The first-order valence-corrected chi connectivity index (χ1v) is 13.9. The molecule has 0 bridgehead atoms. The third kappa shape index (κ3) is 5.73. The molecule has 4 aromatic rings. The van der Waals surface area contributed by atoms with Crippen LogP contribution in [-0.2, 0) is 11.2 Å². The Morgan fingerprint density at radius 1 is 0.947 bits per heavy atom. The molecule has 0 saturated carbocycles. The molecule has 0 atom stereocenters. The Bertz CT molecular complexity index is 1540. The SMILES string of the molecule is Cc1noc(C)c1CC(=O)N1CCN(C(=O)c2cc(/C=C/c3cccc(Br)c3)nc3ccc(Br)cc23)CC1. The van der Waals surface area contributed by atoms with Crippen LogP contribution in [0, 0.1) is 13.8 Å². The Labute approximate surface area is 237 Å². The zero-order chi connectivity index (χ0) is 26.8. The van der Waals surface area contributed by atoms with Gasteiger partial charge in [-0.1, -0.05) is 55.2 Å². The fraction of sp³-hybridized carbons (Fsp3) is 0.241. The number of hydrogen-bond donors (Lipinski definition) is 0. The van der Waals surface area contributed by atoms with Crippen LogP contribution in [-0.4, -0.2) is 57.9 Å². The van der Waals surface area contributed by atoms with Crippen LogP contribution < -0.4 is 0 Å². The van der Waals surface area contributed by atoms with Gasteiger partial charge in [0.2, 0.25) is 5.91 Å². The zero-order valence-electron chi connectivity index (χ0n) is 21.1. The number of amides is 2. The molecule has 3 heterocycles. The van der Waals surface area contributed by atoms with E-state index < -0.39 is 0 Å². The maximum Gasteiger partial charge on any atom is 0.254 e. The van der Waals surface area contributed by atoms with E-state index in [1.807, 2.05) is 84.3 Å². The van der Waals surface area contributed by atoms with Gasteiger partial charge in [-0.05, 0) is 61.9 Å². The number of piperazine rings is 1. The molecule has 38 heavy (non-hydrogen) atoms. The lowest BCUT2D eigenvalue weighted by atomic mass is 10.0. The first-order chi connectivity index (χ1) is 18.3. The maximum absolute atomic E-state index is 13.7. The number of hydrogen-bond acceptors (Lipinski definition) is 5. The van der Waals surface area contributed by atoms with Gasteiger partial charge in [0.05, 0.1) is 28.9 Å². The van der Waals surface area contributed by atoms with Crippen molar-refractivity contribution in [3.8, 4) is 0 Å². The zero-order valence-corrected chi connectivity index (χ0v) is 24.3. The summed E-state index contributed by atoms with van der Waals surface area (Å²) in [5.74, 6) is 0.625. The molecule has 1 fully saturated rings. The molecular weight excluding hydrogens is 612 g/mol. The molecule has 2 amide bonds. The van der Waals surface area contributed by atoms with Crippen molar-refractivity contribution in [2.75, 3.05) is 26.2 Å². The minimum atomic E-state index is -0.0644. The number of rotatable bonds is 5. The first kappa shape index (κ1) is 26.3. The molecule has 7 nitrogen and oxygen atoms in total. The van der Waals surface area contributed by atoms with Crippen LogP contribution in [0.25, 0.3) is 23.1 Å². The number of halogens is 2. The molecule has 9 heteroatoms. The van der Waals surface area contributed by atoms with Crippen LogP contribution in [0.1, 0.15) is 38.6 Å². The highest BCUT2D eigenvalue weighted by atomic mass is 79.9. The Balaban J connectivity index is 1.35. The fourth-order valence-corrected chi connectivity index (χ4v) is 5.40. The fourth-order valence-electron chi connectivity index (χ4n) is 4.62. The van der Waals surface area contributed by atoms with Crippen LogP contribution in [0.5, 0.6) is 0 Å². The average molecular weight is 638 g/mol. The minimum Gasteiger partial charge on any atom is -0.361 e. The van der Waals surface area contributed by atoms with Gasteiger partial charge in [-0.25, -0.2) is 4.98 Å². The maximum atomic E-state index is 13.7. The van der Waals surface area contributed by atoms with Gasteiger partial charge in [0.25, 0.3) is 5.91 Å². The summed E-state index contributed by atoms with van der Waals surface area (Å²) in [5.41, 5.74) is 4.66. The van der Waals surface area contributed by atoms with Crippen molar-refractivity contribution in [1.29, 1.82) is 0 Å². The number of aromatic nitrogens is 2. The van der Waals surface area contributed by atoms with E-state index in [0.717, 1.165) is 36.7 Å². The first-order valence-electron chi connectivity index (χ1n) is 12.3. The Morgan fingerprint density at radius 2 is 1.68 bits per heavy atom. The Morgan fingerprint density at radius 3 is 2.39 bits per heavy atom. The second kappa shape index (κ2) is 11.2. The number of carbonyl (C=O) groups is 2. The number of benzene rings is 2. The Kier molecular flexibility index (Phi) is 7.76. The minimum absolute atomic E-state index is 0.0183. The van der Waals surface area contributed by atoms with Crippen molar-refractivity contribution in [1.82, 2.24) is 19.9 Å². The second-order valence-corrected chi connectivity index (χ2v) is 11.1. The normalized spacial score (nSPS) is 14.0. The molecule has 1 aliphatic rings. The van der Waals surface area contributed by atoms with Gasteiger partial charge < -0.3 is 14.3 Å². The lowest BCUT2D eigenvalue weighted by Gasteiger charge is -2.35. The summed E-state index contributed by atoms with van der Waals surface area (Å²) in [7, 11) is 0. The lowest BCUT2D eigenvalue weighted by Crippen LogP contribution is -2.51. The van der Waals surface area contributed by atoms with Gasteiger partial charge in [-0.15, -0.1) is 0 Å². The lowest BCUT2D eigenvalue weighted by molar-refractivity contribution is -0.131. The summed E-state index contributed by atoms with van der Waals surface area (Å²) >= 11 is 7.03. The van der Waals surface area contributed by atoms with Gasteiger partial charge in [0, 0.05) is 46.1 Å². The third-order valence-electron chi connectivity index (χ3n) is 6.74.